The van der Waals surface area contributed by atoms with Crippen molar-refractivity contribution < 1.29 is 0 Å². The fourth-order valence-electron chi connectivity index (χ4n) is 2.16. The van der Waals surface area contributed by atoms with Crippen LogP contribution in [0.4, 0.5) is 0 Å². The molecule has 1 atom stereocenters. The first-order valence-corrected chi connectivity index (χ1v) is 8.81. The monoisotopic (exact) mass is 276 g/mol. The molecule has 0 fully saturated rings. The lowest BCUT2D eigenvalue weighted by Crippen LogP contribution is -1.91. The van der Waals surface area contributed by atoms with E-state index >= 15 is 0 Å². The van der Waals surface area contributed by atoms with E-state index in [0.717, 1.165) is 12.3 Å². The first-order valence-electron chi connectivity index (χ1n) is 8.81. The summed E-state index contributed by atoms with van der Waals surface area (Å²) in [5.41, 5.74) is 0. The van der Waals surface area contributed by atoms with Gasteiger partial charge in [-0.3, -0.25) is 0 Å². The number of hydrogen-bond acceptors (Lipinski definition) is 0. The molecular formula is C20H36. The van der Waals surface area contributed by atoms with Gasteiger partial charge in [-0.05, 0) is 44.4 Å². The molecule has 116 valence electrons. The lowest BCUT2D eigenvalue weighted by atomic mass is 10.0. The Kier molecular flexibility index (Phi) is 15.6. The van der Waals surface area contributed by atoms with Crippen molar-refractivity contribution in [1.29, 1.82) is 0 Å². The smallest absolute Gasteiger partial charge is 0.0169 e. The van der Waals surface area contributed by atoms with Crippen LogP contribution in [0.15, 0.2) is 36.5 Å². The SMILES string of the molecule is CCCC/C=C/C(CC)C/C=C\C/C=C\CCCCC. The molecular weight excluding hydrogens is 240 g/mol. The topological polar surface area (TPSA) is 0 Å². The third kappa shape index (κ3) is 13.6. The van der Waals surface area contributed by atoms with Gasteiger partial charge in [-0.25, -0.2) is 0 Å². The predicted octanol–water partition coefficient (Wildman–Crippen LogP) is 7.23. The third-order valence-corrected chi connectivity index (χ3v) is 3.68. The summed E-state index contributed by atoms with van der Waals surface area (Å²) in [6.07, 6.45) is 26.8. The zero-order chi connectivity index (χ0) is 14.9. The molecule has 0 heterocycles. The molecule has 0 aromatic carbocycles. The van der Waals surface area contributed by atoms with Crippen molar-refractivity contribution in [3.05, 3.63) is 36.5 Å². The second-order valence-corrected chi connectivity index (χ2v) is 5.65. The average molecular weight is 277 g/mol. The van der Waals surface area contributed by atoms with E-state index in [0.29, 0.717) is 0 Å². The van der Waals surface area contributed by atoms with Crippen molar-refractivity contribution in [2.75, 3.05) is 0 Å². The van der Waals surface area contributed by atoms with Gasteiger partial charge in [0.1, 0.15) is 0 Å². The van der Waals surface area contributed by atoms with Gasteiger partial charge in [0, 0.05) is 0 Å². The zero-order valence-corrected chi connectivity index (χ0v) is 14.1. The van der Waals surface area contributed by atoms with Gasteiger partial charge in [0.05, 0.1) is 0 Å². The Balaban J connectivity index is 3.66. The molecule has 0 saturated heterocycles. The first kappa shape index (κ1) is 19.2. The van der Waals surface area contributed by atoms with Gasteiger partial charge in [-0.1, -0.05) is 82.9 Å². The summed E-state index contributed by atoms with van der Waals surface area (Å²) in [5.74, 6) is 0.733. The van der Waals surface area contributed by atoms with Crippen LogP contribution in [0.1, 0.15) is 85.0 Å². The van der Waals surface area contributed by atoms with Crippen molar-refractivity contribution in [1.82, 2.24) is 0 Å². The zero-order valence-electron chi connectivity index (χ0n) is 14.1. The minimum Gasteiger partial charge on any atom is -0.0882 e. The van der Waals surface area contributed by atoms with Gasteiger partial charge in [0.2, 0.25) is 0 Å². The van der Waals surface area contributed by atoms with E-state index in [2.05, 4.69) is 57.2 Å². The second-order valence-electron chi connectivity index (χ2n) is 5.65. The Labute approximate surface area is 128 Å². The van der Waals surface area contributed by atoms with Crippen molar-refractivity contribution in [2.45, 2.75) is 85.0 Å². The molecule has 0 bridgehead atoms. The summed E-state index contributed by atoms with van der Waals surface area (Å²) in [5, 5.41) is 0. The van der Waals surface area contributed by atoms with E-state index in [-0.39, 0.29) is 0 Å². The highest BCUT2D eigenvalue weighted by Gasteiger charge is 1.97. The summed E-state index contributed by atoms with van der Waals surface area (Å²) >= 11 is 0. The lowest BCUT2D eigenvalue weighted by Gasteiger charge is -2.05. The molecule has 0 aliphatic heterocycles. The largest absolute Gasteiger partial charge is 0.0882 e. The Morgan fingerprint density at radius 3 is 2.10 bits per heavy atom. The van der Waals surface area contributed by atoms with E-state index in [1.54, 1.807) is 0 Å². The van der Waals surface area contributed by atoms with Crippen LogP contribution in [-0.4, -0.2) is 0 Å². The molecule has 0 aliphatic carbocycles. The molecule has 0 spiro atoms. The number of rotatable bonds is 13. The molecule has 0 aromatic rings. The normalized spacial score (nSPS) is 13.9. The molecule has 0 rings (SSSR count). The number of allylic oxidation sites excluding steroid dienone is 6. The quantitative estimate of drug-likeness (QED) is 0.246. The molecule has 0 N–H and O–H groups in total. The summed E-state index contributed by atoms with van der Waals surface area (Å²) in [4.78, 5) is 0. The predicted molar refractivity (Wildman–Crippen MR) is 94.1 cm³/mol. The number of unbranched alkanes of at least 4 members (excludes halogenated alkanes) is 5. The Hall–Kier alpha value is -0.780. The van der Waals surface area contributed by atoms with Gasteiger partial charge in [-0.2, -0.15) is 0 Å². The first-order chi connectivity index (χ1) is 9.85. The second kappa shape index (κ2) is 16.3. The minimum absolute atomic E-state index is 0.733. The van der Waals surface area contributed by atoms with E-state index in [1.807, 2.05) is 0 Å². The van der Waals surface area contributed by atoms with Crippen LogP contribution in [0.25, 0.3) is 0 Å². The molecule has 0 aromatic heterocycles. The standard InChI is InChI=1S/C20H36/c1-4-7-9-11-12-13-14-15-17-19-20(6-3)18-16-10-8-5-2/h12-13,15-18,20H,4-11,14,19H2,1-3H3/b13-12-,17-15-,18-16+. The Morgan fingerprint density at radius 2 is 1.40 bits per heavy atom. The molecule has 0 aliphatic rings. The van der Waals surface area contributed by atoms with Crippen molar-refractivity contribution in [3.8, 4) is 0 Å². The minimum atomic E-state index is 0.733. The summed E-state index contributed by atoms with van der Waals surface area (Å²) in [6.45, 7) is 6.80. The molecule has 0 amide bonds. The summed E-state index contributed by atoms with van der Waals surface area (Å²) in [6, 6.07) is 0. The highest BCUT2D eigenvalue weighted by atomic mass is 14.0. The van der Waals surface area contributed by atoms with Crippen LogP contribution >= 0.6 is 0 Å². The van der Waals surface area contributed by atoms with Crippen LogP contribution in [0.2, 0.25) is 0 Å². The summed E-state index contributed by atoms with van der Waals surface area (Å²) < 4.78 is 0. The van der Waals surface area contributed by atoms with Crippen molar-refractivity contribution >= 4 is 0 Å². The fraction of sp³-hybridized carbons (Fsp3) is 0.700. The van der Waals surface area contributed by atoms with E-state index < -0.39 is 0 Å². The maximum absolute atomic E-state index is 2.42. The van der Waals surface area contributed by atoms with Crippen LogP contribution in [0, 0.1) is 5.92 Å². The third-order valence-electron chi connectivity index (χ3n) is 3.68. The van der Waals surface area contributed by atoms with Crippen LogP contribution in [0.3, 0.4) is 0 Å². The molecule has 20 heavy (non-hydrogen) atoms. The van der Waals surface area contributed by atoms with Crippen LogP contribution in [-0.2, 0) is 0 Å². The Morgan fingerprint density at radius 1 is 0.700 bits per heavy atom. The average Bonchev–Trinajstić information content (AvgIpc) is 2.47. The highest BCUT2D eigenvalue weighted by molar-refractivity contribution is 4.97. The molecule has 0 heteroatoms. The maximum atomic E-state index is 2.42. The van der Waals surface area contributed by atoms with E-state index in [4.69, 9.17) is 0 Å². The fourth-order valence-corrected chi connectivity index (χ4v) is 2.16. The maximum Gasteiger partial charge on any atom is -0.0169 e. The van der Waals surface area contributed by atoms with Gasteiger partial charge < -0.3 is 0 Å². The Bertz CT molecular complexity index is 257. The van der Waals surface area contributed by atoms with Crippen LogP contribution < -0.4 is 0 Å². The molecule has 0 nitrogen and oxygen atoms in total. The van der Waals surface area contributed by atoms with Gasteiger partial charge in [0.25, 0.3) is 0 Å². The van der Waals surface area contributed by atoms with E-state index in [9.17, 15) is 0 Å². The van der Waals surface area contributed by atoms with Crippen molar-refractivity contribution in [2.24, 2.45) is 5.92 Å². The molecule has 0 saturated carbocycles. The lowest BCUT2D eigenvalue weighted by molar-refractivity contribution is 0.633. The van der Waals surface area contributed by atoms with Gasteiger partial charge in [0.15, 0.2) is 0 Å². The highest BCUT2D eigenvalue weighted by Crippen LogP contribution is 2.12. The van der Waals surface area contributed by atoms with Crippen molar-refractivity contribution in [3.63, 3.8) is 0 Å². The van der Waals surface area contributed by atoms with Gasteiger partial charge >= 0.3 is 0 Å². The molecule has 1 unspecified atom stereocenters. The van der Waals surface area contributed by atoms with E-state index in [1.165, 1.54) is 57.8 Å². The summed E-state index contributed by atoms with van der Waals surface area (Å²) in [7, 11) is 0. The van der Waals surface area contributed by atoms with Crippen LogP contribution in [0.5, 0.6) is 0 Å². The molecule has 0 radical (unpaired) electrons. The van der Waals surface area contributed by atoms with Gasteiger partial charge in [-0.15, -0.1) is 0 Å². The number of hydrogen-bond donors (Lipinski definition) is 0.